The lowest BCUT2D eigenvalue weighted by Gasteiger charge is -2.06. The fourth-order valence-electron chi connectivity index (χ4n) is 1.45. The number of hydrogen-bond donors (Lipinski definition) is 1. The maximum atomic E-state index is 12.0. The standard InChI is InChI=1S/C11H16BrNO3S2/c1-2-6-18(15,16)7-5-17(14)11-4-3-9(12)8-10(11)13/h3-4,8H,2,5-7,13H2,1H3. The highest BCUT2D eigenvalue weighted by atomic mass is 79.9. The van der Waals surface area contributed by atoms with E-state index in [1.54, 1.807) is 25.1 Å². The van der Waals surface area contributed by atoms with E-state index in [2.05, 4.69) is 15.9 Å². The summed E-state index contributed by atoms with van der Waals surface area (Å²) in [6.45, 7) is 1.81. The minimum absolute atomic E-state index is 0.0665. The van der Waals surface area contributed by atoms with Crippen molar-refractivity contribution < 1.29 is 12.6 Å². The average molecular weight is 354 g/mol. The number of benzene rings is 1. The lowest BCUT2D eigenvalue weighted by molar-refractivity contribution is 0.595. The first kappa shape index (κ1) is 15.7. The van der Waals surface area contributed by atoms with Crippen LogP contribution in [0.4, 0.5) is 5.69 Å². The van der Waals surface area contributed by atoms with Gasteiger partial charge in [-0.15, -0.1) is 0 Å². The number of nitrogen functional groups attached to an aromatic ring is 1. The third-order valence-corrected chi connectivity index (χ3v) is 6.36. The molecule has 0 heterocycles. The van der Waals surface area contributed by atoms with Gasteiger partial charge in [0.2, 0.25) is 0 Å². The second-order valence-electron chi connectivity index (χ2n) is 3.88. The molecule has 1 rings (SSSR count). The van der Waals surface area contributed by atoms with E-state index in [-0.39, 0.29) is 17.3 Å². The molecule has 0 fully saturated rings. The fourth-order valence-corrected chi connectivity index (χ4v) is 5.04. The summed E-state index contributed by atoms with van der Waals surface area (Å²) in [5.74, 6) is 0.164. The Labute approximate surface area is 118 Å². The van der Waals surface area contributed by atoms with E-state index in [0.29, 0.717) is 17.0 Å². The summed E-state index contributed by atoms with van der Waals surface area (Å²) in [5.41, 5.74) is 6.16. The lowest BCUT2D eigenvalue weighted by atomic mass is 10.3. The lowest BCUT2D eigenvalue weighted by Crippen LogP contribution is -2.16. The summed E-state index contributed by atoms with van der Waals surface area (Å²) >= 11 is 3.26. The van der Waals surface area contributed by atoms with Gasteiger partial charge in [0.25, 0.3) is 0 Å². The Hall–Kier alpha value is -0.400. The van der Waals surface area contributed by atoms with Crippen molar-refractivity contribution in [3.05, 3.63) is 22.7 Å². The largest absolute Gasteiger partial charge is 0.398 e. The van der Waals surface area contributed by atoms with Crippen LogP contribution in [-0.4, -0.2) is 29.9 Å². The maximum Gasteiger partial charge on any atom is 0.151 e. The van der Waals surface area contributed by atoms with E-state index in [9.17, 15) is 12.6 Å². The zero-order chi connectivity index (χ0) is 13.8. The Bertz CT molecular complexity index is 543. The van der Waals surface area contributed by atoms with Crippen LogP contribution in [0.1, 0.15) is 13.3 Å². The SMILES string of the molecule is CCCS(=O)(=O)CCS(=O)c1ccc(Br)cc1N. The molecule has 0 aliphatic rings. The number of halogens is 1. The molecule has 0 spiro atoms. The quantitative estimate of drug-likeness (QED) is 0.793. The molecule has 0 amide bonds. The molecule has 0 saturated carbocycles. The van der Waals surface area contributed by atoms with E-state index in [1.165, 1.54) is 0 Å². The Balaban J connectivity index is 2.72. The smallest absolute Gasteiger partial charge is 0.151 e. The van der Waals surface area contributed by atoms with Crippen molar-refractivity contribution in [3.63, 3.8) is 0 Å². The molecule has 1 aromatic rings. The van der Waals surface area contributed by atoms with Gasteiger partial charge in [-0.25, -0.2) is 8.42 Å². The molecule has 0 bridgehead atoms. The topological polar surface area (TPSA) is 77.2 Å². The predicted octanol–water partition coefficient (Wildman–Crippen LogP) is 1.96. The molecule has 1 aromatic carbocycles. The van der Waals surface area contributed by atoms with Crippen LogP contribution in [0.15, 0.2) is 27.6 Å². The van der Waals surface area contributed by atoms with Crippen LogP contribution in [0.25, 0.3) is 0 Å². The van der Waals surface area contributed by atoms with Gasteiger partial charge in [-0.2, -0.15) is 0 Å². The van der Waals surface area contributed by atoms with E-state index >= 15 is 0 Å². The van der Waals surface area contributed by atoms with Gasteiger partial charge in [-0.3, -0.25) is 4.21 Å². The molecular formula is C11H16BrNO3S2. The number of rotatable bonds is 6. The highest BCUT2D eigenvalue weighted by Gasteiger charge is 2.14. The van der Waals surface area contributed by atoms with Crippen molar-refractivity contribution in [2.45, 2.75) is 18.2 Å². The van der Waals surface area contributed by atoms with E-state index in [1.807, 2.05) is 0 Å². The zero-order valence-corrected chi connectivity index (χ0v) is 13.3. The van der Waals surface area contributed by atoms with Crippen molar-refractivity contribution in [3.8, 4) is 0 Å². The molecule has 2 N–H and O–H groups in total. The minimum Gasteiger partial charge on any atom is -0.398 e. The third kappa shape index (κ3) is 4.70. The molecule has 4 nitrogen and oxygen atoms in total. The van der Waals surface area contributed by atoms with Crippen LogP contribution in [0, 0.1) is 0 Å². The Morgan fingerprint density at radius 3 is 2.56 bits per heavy atom. The highest BCUT2D eigenvalue weighted by Crippen LogP contribution is 2.21. The highest BCUT2D eigenvalue weighted by molar-refractivity contribution is 9.10. The monoisotopic (exact) mass is 353 g/mol. The average Bonchev–Trinajstić information content (AvgIpc) is 2.26. The Morgan fingerprint density at radius 1 is 1.33 bits per heavy atom. The summed E-state index contributed by atoms with van der Waals surface area (Å²) in [6.07, 6.45) is 0.579. The van der Waals surface area contributed by atoms with Gasteiger partial charge < -0.3 is 5.73 Å². The van der Waals surface area contributed by atoms with E-state index in [4.69, 9.17) is 5.73 Å². The molecule has 18 heavy (non-hydrogen) atoms. The van der Waals surface area contributed by atoms with Crippen LogP contribution in [0.3, 0.4) is 0 Å². The molecule has 1 atom stereocenters. The molecule has 0 saturated heterocycles. The van der Waals surface area contributed by atoms with Crippen molar-refractivity contribution in [1.82, 2.24) is 0 Å². The van der Waals surface area contributed by atoms with Crippen molar-refractivity contribution in [1.29, 1.82) is 0 Å². The van der Waals surface area contributed by atoms with Crippen LogP contribution in [0.2, 0.25) is 0 Å². The molecule has 0 aliphatic heterocycles. The van der Waals surface area contributed by atoms with E-state index in [0.717, 1.165) is 4.47 Å². The minimum atomic E-state index is -3.10. The third-order valence-electron chi connectivity index (χ3n) is 2.31. The molecule has 0 aliphatic carbocycles. The maximum absolute atomic E-state index is 12.0. The first-order valence-corrected chi connectivity index (χ1v) is 9.43. The predicted molar refractivity (Wildman–Crippen MR) is 78.8 cm³/mol. The van der Waals surface area contributed by atoms with Crippen LogP contribution >= 0.6 is 15.9 Å². The number of anilines is 1. The van der Waals surface area contributed by atoms with Gasteiger partial charge in [0.05, 0.1) is 21.4 Å². The molecule has 1 unspecified atom stereocenters. The van der Waals surface area contributed by atoms with Crippen molar-refractivity contribution in [2.24, 2.45) is 0 Å². The van der Waals surface area contributed by atoms with Crippen molar-refractivity contribution in [2.75, 3.05) is 23.0 Å². The van der Waals surface area contributed by atoms with E-state index < -0.39 is 20.6 Å². The number of hydrogen-bond acceptors (Lipinski definition) is 4. The fraction of sp³-hybridized carbons (Fsp3) is 0.455. The summed E-state index contributed by atoms with van der Waals surface area (Å²) in [5, 5.41) is 0. The van der Waals surface area contributed by atoms with Gasteiger partial charge in [-0.1, -0.05) is 22.9 Å². The second kappa shape index (κ2) is 6.68. The van der Waals surface area contributed by atoms with Crippen LogP contribution < -0.4 is 5.73 Å². The summed E-state index contributed by atoms with van der Waals surface area (Å²) in [6, 6.07) is 5.06. The Morgan fingerprint density at radius 2 is 2.00 bits per heavy atom. The van der Waals surface area contributed by atoms with Gasteiger partial charge in [0.15, 0.2) is 9.84 Å². The molecule has 0 aromatic heterocycles. The molecular weight excluding hydrogens is 338 g/mol. The second-order valence-corrected chi connectivity index (χ2v) is 8.64. The normalized spacial score (nSPS) is 13.4. The molecule has 0 radical (unpaired) electrons. The van der Waals surface area contributed by atoms with Gasteiger partial charge in [0.1, 0.15) is 0 Å². The molecule has 102 valence electrons. The Kier molecular flexibility index (Phi) is 5.81. The first-order valence-electron chi connectivity index (χ1n) is 5.49. The zero-order valence-electron chi connectivity index (χ0n) is 10.1. The van der Waals surface area contributed by atoms with Crippen LogP contribution in [-0.2, 0) is 20.6 Å². The summed E-state index contributed by atoms with van der Waals surface area (Å²) in [7, 11) is -4.48. The summed E-state index contributed by atoms with van der Waals surface area (Å²) < 4.78 is 35.8. The van der Waals surface area contributed by atoms with Gasteiger partial charge in [-0.05, 0) is 24.6 Å². The molecule has 7 heteroatoms. The van der Waals surface area contributed by atoms with Gasteiger partial charge >= 0.3 is 0 Å². The summed E-state index contributed by atoms with van der Waals surface area (Å²) in [4.78, 5) is 0.491. The van der Waals surface area contributed by atoms with Crippen LogP contribution in [0.5, 0.6) is 0 Å². The van der Waals surface area contributed by atoms with Gasteiger partial charge in [0, 0.05) is 21.7 Å². The number of sulfone groups is 1. The first-order chi connectivity index (χ1) is 8.35. The van der Waals surface area contributed by atoms with Crippen molar-refractivity contribution >= 4 is 42.3 Å². The number of nitrogens with two attached hydrogens (primary N) is 1.